The van der Waals surface area contributed by atoms with Gasteiger partial charge in [0.25, 0.3) is 0 Å². The van der Waals surface area contributed by atoms with Gasteiger partial charge in [-0.3, -0.25) is 4.79 Å². The molecule has 0 aliphatic rings. The molecular weight excluding hydrogens is 347 g/mol. The lowest BCUT2D eigenvalue weighted by atomic mass is 9.91. The molecule has 0 aliphatic carbocycles. The molecule has 0 bridgehead atoms. The number of nitrogens with zero attached hydrogens (tertiary/aromatic N) is 1. The van der Waals surface area contributed by atoms with Gasteiger partial charge in [0.1, 0.15) is 23.4 Å². The normalized spacial score (nSPS) is 11.8. The second kappa shape index (κ2) is 6.10. The maximum Gasteiger partial charge on any atom is 0.185 e. The van der Waals surface area contributed by atoms with Crippen molar-refractivity contribution in [1.29, 1.82) is 5.26 Å². The quantitative estimate of drug-likeness (QED) is 0.769. The van der Waals surface area contributed by atoms with E-state index in [1.165, 1.54) is 6.07 Å². The first-order valence-corrected chi connectivity index (χ1v) is 6.57. The van der Waals surface area contributed by atoms with Crippen LogP contribution >= 0.6 is 15.9 Å². The Bertz CT molecular complexity index is 755. The second-order valence-electron chi connectivity index (χ2n) is 4.22. The summed E-state index contributed by atoms with van der Waals surface area (Å²) in [6.07, 6.45) is 0. The molecule has 21 heavy (non-hydrogen) atoms. The molecule has 0 N–H and O–H groups in total. The Morgan fingerprint density at radius 1 is 1.10 bits per heavy atom. The second-order valence-corrected chi connectivity index (χ2v) is 5.07. The Balaban J connectivity index is 2.49. The summed E-state index contributed by atoms with van der Waals surface area (Å²) in [5.41, 5.74) is -0.328. The van der Waals surface area contributed by atoms with Gasteiger partial charge in [0, 0.05) is 21.7 Å². The van der Waals surface area contributed by atoms with E-state index in [1.807, 2.05) is 0 Å². The van der Waals surface area contributed by atoms with Gasteiger partial charge in [0.2, 0.25) is 0 Å². The molecule has 0 saturated carbocycles. The number of carbonyl (C=O) groups is 1. The van der Waals surface area contributed by atoms with Crippen molar-refractivity contribution in [1.82, 2.24) is 0 Å². The maximum atomic E-state index is 13.7. The smallest absolute Gasteiger partial charge is 0.185 e. The highest BCUT2D eigenvalue weighted by atomic mass is 79.9. The van der Waals surface area contributed by atoms with E-state index in [9.17, 15) is 18.0 Å². The van der Waals surface area contributed by atoms with Gasteiger partial charge in [0.15, 0.2) is 5.78 Å². The molecule has 0 fully saturated rings. The third-order valence-electron chi connectivity index (χ3n) is 2.86. The fourth-order valence-electron chi connectivity index (χ4n) is 1.85. The van der Waals surface area contributed by atoms with Crippen molar-refractivity contribution >= 4 is 21.7 Å². The molecule has 6 heteroatoms. The van der Waals surface area contributed by atoms with E-state index in [-0.39, 0.29) is 15.6 Å². The van der Waals surface area contributed by atoms with Gasteiger partial charge >= 0.3 is 0 Å². The average Bonchev–Trinajstić information content (AvgIpc) is 2.44. The molecule has 0 saturated heterocycles. The molecule has 2 nitrogen and oxygen atoms in total. The lowest BCUT2D eigenvalue weighted by molar-refractivity contribution is 0.0976. The minimum atomic E-state index is -1.48. The van der Waals surface area contributed by atoms with Gasteiger partial charge in [-0.25, -0.2) is 13.2 Å². The van der Waals surface area contributed by atoms with Gasteiger partial charge in [-0.1, -0.05) is 22.0 Å². The van der Waals surface area contributed by atoms with Gasteiger partial charge in [-0.15, -0.1) is 0 Å². The lowest BCUT2D eigenvalue weighted by Crippen LogP contribution is -2.14. The van der Waals surface area contributed by atoms with Crippen molar-refractivity contribution in [3.05, 3.63) is 69.4 Å². The molecule has 0 heterocycles. The van der Waals surface area contributed by atoms with Crippen LogP contribution in [0.3, 0.4) is 0 Å². The third-order valence-corrected chi connectivity index (χ3v) is 3.55. The van der Waals surface area contributed by atoms with Crippen LogP contribution in [-0.4, -0.2) is 5.78 Å². The van der Waals surface area contributed by atoms with Crippen molar-refractivity contribution in [2.75, 3.05) is 0 Å². The number of rotatable bonds is 3. The summed E-state index contributed by atoms with van der Waals surface area (Å²) in [5.74, 6) is -4.72. The van der Waals surface area contributed by atoms with Crippen molar-refractivity contribution < 1.29 is 18.0 Å². The van der Waals surface area contributed by atoms with Crippen LogP contribution in [-0.2, 0) is 0 Å². The number of Topliss-reactive ketones (excluding diaryl/α,β-unsaturated/α-hetero) is 1. The number of hydrogen-bond acceptors (Lipinski definition) is 2. The van der Waals surface area contributed by atoms with Crippen LogP contribution in [0.4, 0.5) is 13.2 Å². The monoisotopic (exact) mass is 353 g/mol. The molecular formula is C15H7BrF3NO. The summed E-state index contributed by atoms with van der Waals surface area (Å²) in [4.78, 5) is 12.3. The molecule has 1 atom stereocenters. The Morgan fingerprint density at radius 3 is 2.33 bits per heavy atom. The third kappa shape index (κ3) is 3.14. The fourth-order valence-corrected chi connectivity index (χ4v) is 2.29. The summed E-state index contributed by atoms with van der Waals surface area (Å²) in [5, 5.41) is 9.12. The molecule has 0 radical (unpaired) electrons. The minimum absolute atomic E-state index is 0.0784. The number of carbonyl (C=O) groups excluding carboxylic acids is 1. The topological polar surface area (TPSA) is 40.9 Å². The number of hydrogen-bond donors (Lipinski definition) is 0. The molecule has 0 spiro atoms. The van der Waals surface area contributed by atoms with Crippen LogP contribution in [0.25, 0.3) is 0 Å². The predicted octanol–water partition coefficient (Wildman–Crippen LogP) is 4.36. The van der Waals surface area contributed by atoms with Crippen LogP contribution in [0.1, 0.15) is 21.8 Å². The van der Waals surface area contributed by atoms with E-state index >= 15 is 0 Å². The summed E-state index contributed by atoms with van der Waals surface area (Å²) in [6, 6.07) is 7.66. The summed E-state index contributed by atoms with van der Waals surface area (Å²) in [7, 11) is 0. The predicted molar refractivity (Wildman–Crippen MR) is 73.1 cm³/mol. The number of benzene rings is 2. The molecule has 0 aromatic heterocycles. The zero-order chi connectivity index (χ0) is 15.6. The highest BCUT2D eigenvalue weighted by molar-refractivity contribution is 9.10. The van der Waals surface area contributed by atoms with E-state index < -0.39 is 29.2 Å². The summed E-state index contributed by atoms with van der Waals surface area (Å²) < 4.78 is 40.1. The molecule has 2 rings (SSSR count). The Labute approximate surface area is 127 Å². The Morgan fingerprint density at radius 2 is 1.71 bits per heavy atom. The first-order chi connectivity index (χ1) is 9.93. The van der Waals surface area contributed by atoms with Gasteiger partial charge < -0.3 is 0 Å². The van der Waals surface area contributed by atoms with E-state index in [0.29, 0.717) is 6.07 Å². The van der Waals surface area contributed by atoms with E-state index in [4.69, 9.17) is 5.26 Å². The maximum absolute atomic E-state index is 13.7. The number of ketones is 1. The van der Waals surface area contributed by atoms with Crippen LogP contribution in [0.5, 0.6) is 0 Å². The average molecular weight is 354 g/mol. The van der Waals surface area contributed by atoms with E-state index in [1.54, 1.807) is 6.07 Å². The molecule has 0 amide bonds. The Kier molecular flexibility index (Phi) is 4.43. The summed E-state index contributed by atoms with van der Waals surface area (Å²) in [6.45, 7) is 0. The Hall–Kier alpha value is -2.13. The van der Waals surface area contributed by atoms with E-state index in [0.717, 1.165) is 24.3 Å². The zero-order valence-electron chi connectivity index (χ0n) is 10.4. The molecule has 1 unspecified atom stereocenters. The van der Waals surface area contributed by atoms with Crippen molar-refractivity contribution in [3.8, 4) is 6.07 Å². The number of nitriles is 1. The van der Waals surface area contributed by atoms with Crippen LogP contribution in [0.15, 0.2) is 40.9 Å². The van der Waals surface area contributed by atoms with Crippen LogP contribution in [0, 0.1) is 28.8 Å². The molecule has 2 aromatic rings. The number of halogens is 4. The highest BCUT2D eigenvalue weighted by Gasteiger charge is 2.26. The van der Waals surface area contributed by atoms with E-state index in [2.05, 4.69) is 15.9 Å². The standard InChI is InChI=1S/C15H7BrF3NO/c16-13-4-2-8(17)5-11(13)15(21)12(7-20)10-3-1-9(18)6-14(10)19/h1-6,12H. The highest BCUT2D eigenvalue weighted by Crippen LogP contribution is 2.27. The largest absolute Gasteiger partial charge is 0.292 e. The minimum Gasteiger partial charge on any atom is -0.292 e. The SMILES string of the molecule is N#CC(C(=O)c1cc(F)ccc1Br)c1ccc(F)cc1F. The van der Waals surface area contributed by atoms with Crippen molar-refractivity contribution in [2.24, 2.45) is 0 Å². The van der Waals surface area contributed by atoms with Gasteiger partial charge in [0.05, 0.1) is 6.07 Å². The van der Waals surface area contributed by atoms with Crippen molar-refractivity contribution in [3.63, 3.8) is 0 Å². The fraction of sp³-hybridized carbons (Fsp3) is 0.0667. The van der Waals surface area contributed by atoms with Crippen LogP contribution < -0.4 is 0 Å². The first kappa shape index (κ1) is 15.3. The lowest BCUT2D eigenvalue weighted by Gasteiger charge is -2.11. The zero-order valence-corrected chi connectivity index (χ0v) is 12.0. The first-order valence-electron chi connectivity index (χ1n) is 5.78. The molecule has 106 valence electrons. The van der Waals surface area contributed by atoms with Crippen LogP contribution in [0.2, 0.25) is 0 Å². The summed E-state index contributed by atoms with van der Waals surface area (Å²) >= 11 is 3.08. The molecule has 2 aromatic carbocycles. The van der Waals surface area contributed by atoms with Crippen molar-refractivity contribution in [2.45, 2.75) is 5.92 Å². The molecule has 0 aliphatic heterocycles. The van der Waals surface area contributed by atoms with Gasteiger partial charge in [-0.05, 0) is 24.3 Å². The van der Waals surface area contributed by atoms with Gasteiger partial charge in [-0.2, -0.15) is 5.26 Å².